The van der Waals surface area contributed by atoms with Gasteiger partial charge in [-0.25, -0.2) is 13.1 Å². The Kier molecular flexibility index (Phi) is 3.88. The van der Waals surface area contributed by atoms with Crippen LogP contribution in [0.15, 0.2) is 24.3 Å². The monoisotopic (exact) mass is 227 g/mol. The highest BCUT2D eigenvalue weighted by Gasteiger charge is 2.07. The third-order valence-corrected chi connectivity index (χ3v) is 2.99. The van der Waals surface area contributed by atoms with Gasteiger partial charge in [0.1, 0.15) is 0 Å². The van der Waals surface area contributed by atoms with E-state index in [-0.39, 0.29) is 5.92 Å². The molecular weight excluding hydrogens is 210 g/mol. The van der Waals surface area contributed by atoms with Gasteiger partial charge in [0, 0.05) is 6.54 Å². The number of nitrogens with one attached hydrogen (secondary N) is 1. The van der Waals surface area contributed by atoms with Crippen LogP contribution in [0.1, 0.15) is 24.0 Å². The van der Waals surface area contributed by atoms with Gasteiger partial charge in [-0.2, -0.15) is 0 Å². The standard InChI is InChI=1S/C11H17NO2S/c1-9-4-6-11(7-5-9)10(2)8-12-15(3,13)14/h4-7,10,12H,8H2,1-3H3/t10-/m1/s1. The first kappa shape index (κ1) is 12.2. The van der Waals surface area contributed by atoms with Gasteiger partial charge < -0.3 is 0 Å². The van der Waals surface area contributed by atoms with E-state index < -0.39 is 10.0 Å². The van der Waals surface area contributed by atoms with Crippen molar-refractivity contribution < 1.29 is 8.42 Å². The van der Waals surface area contributed by atoms with E-state index >= 15 is 0 Å². The molecule has 0 unspecified atom stereocenters. The lowest BCUT2D eigenvalue weighted by atomic mass is 10.0. The third-order valence-electron chi connectivity index (χ3n) is 2.30. The van der Waals surface area contributed by atoms with Crippen LogP contribution in [-0.4, -0.2) is 21.2 Å². The molecule has 0 saturated carbocycles. The largest absolute Gasteiger partial charge is 0.215 e. The molecule has 0 spiro atoms. The highest BCUT2D eigenvalue weighted by molar-refractivity contribution is 7.88. The zero-order valence-corrected chi connectivity index (χ0v) is 10.1. The van der Waals surface area contributed by atoms with Crippen molar-refractivity contribution in [2.24, 2.45) is 0 Å². The molecule has 0 bridgehead atoms. The fourth-order valence-electron chi connectivity index (χ4n) is 1.29. The highest BCUT2D eigenvalue weighted by atomic mass is 32.2. The number of hydrogen-bond donors (Lipinski definition) is 1. The molecule has 1 atom stereocenters. The number of aryl methyl sites for hydroxylation is 1. The number of rotatable bonds is 4. The molecule has 0 fully saturated rings. The van der Waals surface area contributed by atoms with Gasteiger partial charge in [0.05, 0.1) is 6.26 Å². The molecule has 1 aromatic rings. The van der Waals surface area contributed by atoms with E-state index in [1.165, 1.54) is 11.8 Å². The minimum Gasteiger partial charge on any atom is -0.215 e. The van der Waals surface area contributed by atoms with E-state index in [1.807, 2.05) is 38.1 Å². The molecule has 3 nitrogen and oxygen atoms in total. The minimum absolute atomic E-state index is 0.195. The molecule has 0 aliphatic carbocycles. The zero-order chi connectivity index (χ0) is 11.5. The summed E-state index contributed by atoms with van der Waals surface area (Å²) in [6, 6.07) is 8.13. The van der Waals surface area contributed by atoms with Crippen LogP contribution in [-0.2, 0) is 10.0 Å². The van der Waals surface area contributed by atoms with Gasteiger partial charge in [0.15, 0.2) is 0 Å². The topological polar surface area (TPSA) is 46.2 Å². The Morgan fingerprint density at radius 2 is 1.80 bits per heavy atom. The molecule has 1 rings (SSSR count). The molecule has 15 heavy (non-hydrogen) atoms. The molecule has 84 valence electrons. The second kappa shape index (κ2) is 4.77. The van der Waals surface area contributed by atoms with E-state index in [0.29, 0.717) is 6.54 Å². The van der Waals surface area contributed by atoms with Crippen molar-refractivity contribution in [2.45, 2.75) is 19.8 Å². The summed E-state index contributed by atoms with van der Waals surface area (Å²) in [6.07, 6.45) is 1.18. The molecule has 0 saturated heterocycles. The molecule has 1 aromatic carbocycles. The summed E-state index contributed by atoms with van der Waals surface area (Å²) >= 11 is 0. The molecule has 0 amide bonds. The number of hydrogen-bond acceptors (Lipinski definition) is 2. The molecule has 1 N–H and O–H groups in total. The van der Waals surface area contributed by atoms with E-state index in [9.17, 15) is 8.42 Å². The second-order valence-corrected chi connectivity index (χ2v) is 5.77. The maximum absolute atomic E-state index is 10.9. The van der Waals surface area contributed by atoms with E-state index in [2.05, 4.69) is 4.72 Å². The first-order valence-electron chi connectivity index (χ1n) is 4.89. The fraction of sp³-hybridized carbons (Fsp3) is 0.455. The van der Waals surface area contributed by atoms with Crippen molar-refractivity contribution in [1.29, 1.82) is 0 Å². The van der Waals surface area contributed by atoms with Gasteiger partial charge in [0.25, 0.3) is 0 Å². The average molecular weight is 227 g/mol. The Hall–Kier alpha value is -0.870. The first-order valence-corrected chi connectivity index (χ1v) is 6.79. The van der Waals surface area contributed by atoms with Crippen molar-refractivity contribution in [3.8, 4) is 0 Å². The quantitative estimate of drug-likeness (QED) is 0.850. The maximum Gasteiger partial charge on any atom is 0.208 e. The zero-order valence-electron chi connectivity index (χ0n) is 9.32. The van der Waals surface area contributed by atoms with Crippen LogP contribution in [0.4, 0.5) is 0 Å². The van der Waals surface area contributed by atoms with Crippen LogP contribution in [0.25, 0.3) is 0 Å². The van der Waals surface area contributed by atoms with Crippen molar-refractivity contribution in [1.82, 2.24) is 4.72 Å². The summed E-state index contributed by atoms with van der Waals surface area (Å²) in [5, 5.41) is 0. The normalized spacial score (nSPS) is 13.8. The van der Waals surface area contributed by atoms with Crippen molar-refractivity contribution in [3.05, 3.63) is 35.4 Å². The Morgan fingerprint density at radius 1 is 1.27 bits per heavy atom. The summed E-state index contributed by atoms with van der Waals surface area (Å²) in [5.41, 5.74) is 2.36. The molecular formula is C11H17NO2S. The first-order chi connectivity index (χ1) is 6.88. The van der Waals surface area contributed by atoms with Crippen molar-refractivity contribution in [3.63, 3.8) is 0 Å². The lowest BCUT2D eigenvalue weighted by Crippen LogP contribution is -2.26. The molecule has 0 aromatic heterocycles. The van der Waals surface area contributed by atoms with Gasteiger partial charge in [0.2, 0.25) is 10.0 Å². The van der Waals surface area contributed by atoms with Crippen molar-refractivity contribution >= 4 is 10.0 Å². The number of benzene rings is 1. The van der Waals surface area contributed by atoms with Gasteiger partial charge in [-0.15, -0.1) is 0 Å². The number of sulfonamides is 1. The average Bonchev–Trinajstić information content (AvgIpc) is 2.14. The van der Waals surface area contributed by atoms with Crippen LogP contribution in [0.5, 0.6) is 0 Å². The van der Waals surface area contributed by atoms with E-state index in [4.69, 9.17) is 0 Å². The minimum atomic E-state index is -3.09. The lowest BCUT2D eigenvalue weighted by molar-refractivity contribution is 0.581. The summed E-state index contributed by atoms with van der Waals surface area (Å²) in [4.78, 5) is 0. The van der Waals surface area contributed by atoms with Crippen LogP contribution in [0, 0.1) is 6.92 Å². The Morgan fingerprint density at radius 3 is 2.27 bits per heavy atom. The van der Waals surface area contributed by atoms with Crippen LogP contribution in [0.3, 0.4) is 0 Å². The Balaban J connectivity index is 2.61. The lowest BCUT2D eigenvalue weighted by Gasteiger charge is -2.12. The van der Waals surface area contributed by atoms with Gasteiger partial charge in [-0.05, 0) is 18.4 Å². The van der Waals surface area contributed by atoms with Gasteiger partial charge in [-0.1, -0.05) is 36.8 Å². The predicted molar refractivity (Wildman–Crippen MR) is 62.4 cm³/mol. The molecule has 0 aliphatic rings. The molecule has 4 heteroatoms. The predicted octanol–water partition coefficient (Wildman–Crippen LogP) is 1.65. The second-order valence-electron chi connectivity index (χ2n) is 3.93. The van der Waals surface area contributed by atoms with Gasteiger partial charge in [-0.3, -0.25) is 0 Å². The smallest absolute Gasteiger partial charge is 0.208 e. The fourth-order valence-corrected chi connectivity index (χ4v) is 1.84. The summed E-state index contributed by atoms with van der Waals surface area (Å²) < 4.78 is 24.3. The molecule has 0 radical (unpaired) electrons. The molecule has 0 aliphatic heterocycles. The van der Waals surface area contributed by atoms with Gasteiger partial charge >= 0.3 is 0 Å². The van der Waals surface area contributed by atoms with Crippen LogP contribution < -0.4 is 4.72 Å². The SMILES string of the molecule is Cc1ccc([C@H](C)CNS(C)(=O)=O)cc1. The summed E-state index contributed by atoms with van der Waals surface area (Å²) in [5.74, 6) is 0.195. The third kappa shape index (κ3) is 4.44. The Bertz CT molecular complexity index is 409. The highest BCUT2D eigenvalue weighted by Crippen LogP contribution is 2.14. The summed E-state index contributed by atoms with van der Waals surface area (Å²) in [6.45, 7) is 4.48. The summed E-state index contributed by atoms with van der Waals surface area (Å²) in [7, 11) is -3.09. The van der Waals surface area contributed by atoms with E-state index in [1.54, 1.807) is 0 Å². The maximum atomic E-state index is 10.9. The van der Waals surface area contributed by atoms with Crippen LogP contribution >= 0.6 is 0 Å². The molecule has 0 heterocycles. The van der Waals surface area contributed by atoms with Crippen molar-refractivity contribution in [2.75, 3.05) is 12.8 Å². The van der Waals surface area contributed by atoms with Crippen LogP contribution in [0.2, 0.25) is 0 Å². The van der Waals surface area contributed by atoms with E-state index in [0.717, 1.165) is 5.56 Å². The Labute approximate surface area is 91.6 Å².